The molecule has 1 N–H and O–H groups in total. The standard InChI is InChI=1S/C21H27N5O/c1-14-18(15(2)26(5)24-14)11-12-21(27)25(4)16(3)19-13-20(23-22-19)17-9-7-6-8-10-17/h6-10,13,16H,11-12H2,1-5H3,(H,22,23)/t16-/m0/s1. The van der Waals surface area contributed by atoms with Crippen molar-refractivity contribution in [3.63, 3.8) is 0 Å². The molecule has 0 fully saturated rings. The summed E-state index contributed by atoms with van der Waals surface area (Å²) < 4.78 is 1.87. The maximum atomic E-state index is 12.7. The van der Waals surface area contributed by atoms with Gasteiger partial charge in [0.05, 0.1) is 23.1 Å². The number of hydrogen-bond acceptors (Lipinski definition) is 3. The van der Waals surface area contributed by atoms with Gasteiger partial charge in [0.2, 0.25) is 5.91 Å². The molecule has 3 aromatic rings. The molecule has 142 valence electrons. The fourth-order valence-electron chi connectivity index (χ4n) is 3.32. The molecule has 0 aliphatic rings. The third-order valence-electron chi connectivity index (χ3n) is 5.34. The Balaban J connectivity index is 1.65. The van der Waals surface area contributed by atoms with Crippen molar-refractivity contribution in [3.05, 3.63) is 59.0 Å². The van der Waals surface area contributed by atoms with E-state index in [1.54, 1.807) is 4.90 Å². The zero-order valence-electron chi connectivity index (χ0n) is 16.7. The first-order valence-electron chi connectivity index (χ1n) is 9.24. The number of rotatable bonds is 6. The average Bonchev–Trinajstić information content (AvgIpc) is 3.25. The maximum Gasteiger partial charge on any atom is 0.223 e. The van der Waals surface area contributed by atoms with Crippen molar-refractivity contribution in [3.8, 4) is 11.3 Å². The predicted octanol–water partition coefficient (Wildman–Crippen LogP) is 3.58. The largest absolute Gasteiger partial charge is 0.337 e. The first kappa shape index (κ1) is 18.9. The van der Waals surface area contributed by atoms with E-state index in [-0.39, 0.29) is 11.9 Å². The van der Waals surface area contributed by atoms with Gasteiger partial charge < -0.3 is 4.90 Å². The van der Waals surface area contributed by atoms with Crippen LogP contribution in [0.15, 0.2) is 36.4 Å². The van der Waals surface area contributed by atoms with Crippen LogP contribution in [0.2, 0.25) is 0 Å². The molecule has 0 spiro atoms. The van der Waals surface area contributed by atoms with Crippen LogP contribution in [0.5, 0.6) is 0 Å². The van der Waals surface area contributed by atoms with Crippen molar-refractivity contribution >= 4 is 5.91 Å². The lowest BCUT2D eigenvalue weighted by Gasteiger charge is -2.24. The molecule has 3 rings (SSSR count). The third-order valence-corrected chi connectivity index (χ3v) is 5.34. The fourth-order valence-corrected chi connectivity index (χ4v) is 3.32. The van der Waals surface area contributed by atoms with Crippen LogP contribution in [0.4, 0.5) is 0 Å². The van der Waals surface area contributed by atoms with Crippen LogP contribution < -0.4 is 0 Å². The lowest BCUT2D eigenvalue weighted by Crippen LogP contribution is -2.30. The Labute approximate surface area is 160 Å². The normalized spacial score (nSPS) is 12.2. The first-order chi connectivity index (χ1) is 12.9. The van der Waals surface area contributed by atoms with Crippen LogP contribution in [0, 0.1) is 13.8 Å². The molecule has 0 bridgehead atoms. The second-order valence-corrected chi connectivity index (χ2v) is 7.03. The predicted molar refractivity (Wildman–Crippen MR) is 106 cm³/mol. The number of amides is 1. The third kappa shape index (κ3) is 3.94. The number of nitrogens with one attached hydrogen (secondary N) is 1. The first-order valence-corrected chi connectivity index (χ1v) is 9.24. The van der Waals surface area contributed by atoms with E-state index in [1.165, 1.54) is 5.56 Å². The quantitative estimate of drug-likeness (QED) is 0.726. The van der Waals surface area contributed by atoms with Crippen LogP contribution in [0.25, 0.3) is 11.3 Å². The van der Waals surface area contributed by atoms with Gasteiger partial charge in [-0.3, -0.25) is 14.6 Å². The lowest BCUT2D eigenvalue weighted by atomic mass is 10.1. The second kappa shape index (κ2) is 7.78. The Bertz CT molecular complexity index is 925. The number of aromatic amines is 1. The van der Waals surface area contributed by atoms with Gasteiger partial charge in [-0.15, -0.1) is 0 Å². The van der Waals surface area contributed by atoms with Gasteiger partial charge in [-0.25, -0.2) is 0 Å². The van der Waals surface area contributed by atoms with E-state index in [9.17, 15) is 4.79 Å². The number of aryl methyl sites for hydroxylation is 2. The van der Waals surface area contributed by atoms with Gasteiger partial charge in [0, 0.05) is 31.8 Å². The molecule has 0 unspecified atom stereocenters. The summed E-state index contributed by atoms with van der Waals surface area (Å²) >= 11 is 0. The van der Waals surface area contributed by atoms with Crippen LogP contribution >= 0.6 is 0 Å². The van der Waals surface area contributed by atoms with Crippen LogP contribution in [-0.4, -0.2) is 37.8 Å². The topological polar surface area (TPSA) is 66.8 Å². The van der Waals surface area contributed by atoms with Crippen LogP contribution in [-0.2, 0) is 18.3 Å². The number of hydrogen-bond donors (Lipinski definition) is 1. The van der Waals surface area contributed by atoms with Crippen LogP contribution in [0.1, 0.15) is 42.0 Å². The fraction of sp³-hybridized carbons (Fsp3) is 0.381. The molecular weight excluding hydrogens is 338 g/mol. The van der Waals surface area contributed by atoms with E-state index >= 15 is 0 Å². The van der Waals surface area contributed by atoms with Crippen molar-refractivity contribution in [1.82, 2.24) is 24.9 Å². The van der Waals surface area contributed by atoms with E-state index < -0.39 is 0 Å². The molecule has 6 nitrogen and oxygen atoms in total. The molecule has 1 amide bonds. The van der Waals surface area contributed by atoms with Gasteiger partial charge in [0.1, 0.15) is 0 Å². The minimum absolute atomic E-state index is 0.0708. The molecule has 6 heteroatoms. The number of benzene rings is 1. The number of carbonyl (C=O) groups excluding carboxylic acids is 1. The van der Waals surface area contributed by atoms with Crippen molar-refractivity contribution in [1.29, 1.82) is 0 Å². The van der Waals surface area contributed by atoms with Crippen LogP contribution in [0.3, 0.4) is 0 Å². The van der Waals surface area contributed by atoms with Gasteiger partial charge in [0.25, 0.3) is 0 Å². The zero-order chi connectivity index (χ0) is 19.6. The molecule has 27 heavy (non-hydrogen) atoms. The molecule has 1 atom stereocenters. The van der Waals surface area contributed by atoms with E-state index in [2.05, 4.69) is 15.3 Å². The smallest absolute Gasteiger partial charge is 0.223 e. The van der Waals surface area contributed by atoms with Gasteiger partial charge in [0.15, 0.2) is 0 Å². The molecule has 2 heterocycles. The summed E-state index contributed by atoms with van der Waals surface area (Å²) in [6, 6.07) is 12.0. The van der Waals surface area contributed by atoms with Crippen molar-refractivity contribution in [2.45, 2.75) is 39.7 Å². The van der Waals surface area contributed by atoms with Gasteiger partial charge in [-0.1, -0.05) is 30.3 Å². The van der Waals surface area contributed by atoms with Crippen molar-refractivity contribution in [2.24, 2.45) is 7.05 Å². The lowest BCUT2D eigenvalue weighted by molar-refractivity contribution is -0.131. The number of H-pyrrole nitrogens is 1. The summed E-state index contributed by atoms with van der Waals surface area (Å²) in [7, 11) is 3.78. The van der Waals surface area contributed by atoms with Gasteiger partial charge >= 0.3 is 0 Å². The van der Waals surface area contributed by atoms with E-state index in [1.807, 2.05) is 75.9 Å². The van der Waals surface area contributed by atoms with Gasteiger partial charge in [-0.05, 0) is 38.8 Å². The summed E-state index contributed by atoms with van der Waals surface area (Å²) in [6.07, 6.45) is 1.17. The highest BCUT2D eigenvalue weighted by molar-refractivity contribution is 5.76. The summed E-state index contributed by atoms with van der Waals surface area (Å²) in [4.78, 5) is 14.5. The molecule has 0 saturated heterocycles. The van der Waals surface area contributed by atoms with E-state index in [0.717, 1.165) is 28.3 Å². The SMILES string of the molecule is Cc1nn(C)c(C)c1CCC(=O)N(C)[C@@H](C)c1cc(-c2ccccc2)n[nH]1. The molecule has 0 aliphatic heterocycles. The molecule has 1 aromatic carbocycles. The molecule has 0 saturated carbocycles. The highest BCUT2D eigenvalue weighted by Crippen LogP contribution is 2.24. The van der Waals surface area contributed by atoms with Gasteiger partial charge in [-0.2, -0.15) is 10.2 Å². The number of carbonyl (C=O) groups is 1. The second-order valence-electron chi connectivity index (χ2n) is 7.03. The molecule has 2 aromatic heterocycles. The maximum absolute atomic E-state index is 12.7. The molecule has 0 aliphatic carbocycles. The summed E-state index contributed by atoms with van der Waals surface area (Å²) in [5, 5.41) is 11.9. The Morgan fingerprint density at radius 1 is 1.26 bits per heavy atom. The van der Waals surface area contributed by atoms with Crippen molar-refractivity contribution in [2.75, 3.05) is 7.05 Å². The Morgan fingerprint density at radius 3 is 2.59 bits per heavy atom. The minimum atomic E-state index is -0.0708. The average molecular weight is 365 g/mol. The Kier molecular flexibility index (Phi) is 5.44. The monoisotopic (exact) mass is 365 g/mol. The van der Waals surface area contributed by atoms with Crippen molar-refractivity contribution < 1.29 is 4.79 Å². The van der Waals surface area contributed by atoms with E-state index in [0.29, 0.717) is 12.8 Å². The summed E-state index contributed by atoms with van der Waals surface area (Å²) in [5.41, 5.74) is 6.17. The molecular formula is C21H27N5O. The number of aromatic nitrogens is 4. The highest BCUT2D eigenvalue weighted by Gasteiger charge is 2.20. The number of nitrogens with zero attached hydrogens (tertiary/aromatic N) is 4. The van der Waals surface area contributed by atoms with E-state index in [4.69, 9.17) is 0 Å². The Hall–Kier alpha value is -2.89. The Morgan fingerprint density at radius 2 is 1.96 bits per heavy atom. The zero-order valence-corrected chi connectivity index (χ0v) is 16.7. The minimum Gasteiger partial charge on any atom is -0.337 e. The highest BCUT2D eigenvalue weighted by atomic mass is 16.2. The molecule has 0 radical (unpaired) electrons. The summed E-state index contributed by atoms with van der Waals surface area (Å²) in [5.74, 6) is 0.112. The summed E-state index contributed by atoms with van der Waals surface area (Å²) in [6.45, 7) is 6.05.